The summed E-state index contributed by atoms with van der Waals surface area (Å²) >= 11 is 0. The first-order valence-electron chi connectivity index (χ1n) is 2.23. The predicted octanol–water partition coefficient (Wildman–Crippen LogP) is -1.58. The van der Waals surface area contributed by atoms with E-state index in [4.69, 9.17) is 11.1 Å². The van der Waals surface area contributed by atoms with Crippen molar-refractivity contribution in [2.24, 2.45) is 5.73 Å². The third-order valence-corrected chi connectivity index (χ3v) is 0.978. The van der Waals surface area contributed by atoms with Crippen molar-refractivity contribution in [1.82, 2.24) is 0 Å². The number of nitrogens with two attached hydrogens (primary N) is 1. The van der Waals surface area contributed by atoms with E-state index in [0.29, 0.717) is 0 Å². The van der Waals surface area contributed by atoms with Crippen LogP contribution in [0.25, 0.3) is 0 Å². The van der Waals surface area contributed by atoms with Gasteiger partial charge in [0.2, 0.25) is 0 Å². The second kappa shape index (κ2) is 1.63. The number of cyclic esters (lactones) is 2. The number of nitrogens with one attached hydrogen (secondary N) is 1. The summed E-state index contributed by atoms with van der Waals surface area (Å²) in [4.78, 5) is 20.5. The molecule has 48 valence electrons. The van der Waals surface area contributed by atoms with Crippen molar-refractivity contribution in [2.75, 3.05) is 0 Å². The molecule has 1 saturated heterocycles. The highest BCUT2D eigenvalue weighted by molar-refractivity contribution is 6.46. The number of ether oxygens (including phenoxy) is 1. The molecule has 1 aliphatic rings. The smallest absolute Gasteiger partial charge is 0.361 e. The molecule has 0 aliphatic carbocycles. The lowest BCUT2D eigenvalue weighted by molar-refractivity contribution is -0.151. The van der Waals surface area contributed by atoms with Gasteiger partial charge in [0.15, 0.2) is 6.04 Å². The fourth-order valence-electron chi connectivity index (χ4n) is 0.455. The second-order valence-electron chi connectivity index (χ2n) is 1.60. The van der Waals surface area contributed by atoms with Gasteiger partial charge in [-0.25, -0.2) is 9.59 Å². The van der Waals surface area contributed by atoms with E-state index < -0.39 is 23.7 Å². The molecule has 5 heteroatoms. The van der Waals surface area contributed by atoms with E-state index in [1.165, 1.54) is 0 Å². The van der Waals surface area contributed by atoms with Crippen molar-refractivity contribution >= 4 is 17.7 Å². The summed E-state index contributed by atoms with van der Waals surface area (Å²) in [5.41, 5.74) is 4.52. The van der Waals surface area contributed by atoms with E-state index in [1.807, 2.05) is 0 Å². The lowest BCUT2D eigenvalue weighted by Gasteiger charge is -1.88. The molecule has 0 aromatic heterocycles. The van der Waals surface area contributed by atoms with Gasteiger partial charge in [-0.05, 0) is 0 Å². The molecule has 0 saturated carbocycles. The van der Waals surface area contributed by atoms with E-state index in [-0.39, 0.29) is 0 Å². The third-order valence-electron chi connectivity index (χ3n) is 0.978. The van der Waals surface area contributed by atoms with Crippen molar-refractivity contribution in [3.63, 3.8) is 0 Å². The highest BCUT2D eigenvalue weighted by Gasteiger charge is 2.36. The molecule has 1 atom stereocenters. The standard InChI is InChI=1S/C4H4N2O3/c5-1-2(6)4(8)9-3(1)7/h1,6H,5H2. The summed E-state index contributed by atoms with van der Waals surface area (Å²) in [6, 6.07) is -1.17. The Labute approximate surface area is 50.3 Å². The van der Waals surface area contributed by atoms with Crippen molar-refractivity contribution in [1.29, 1.82) is 5.41 Å². The van der Waals surface area contributed by atoms with Gasteiger partial charge in [-0.1, -0.05) is 0 Å². The molecule has 9 heavy (non-hydrogen) atoms. The fourth-order valence-corrected chi connectivity index (χ4v) is 0.455. The van der Waals surface area contributed by atoms with Gasteiger partial charge in [-0.2, -0.15) is 0 Å². The maximum absolute atomic E-state index is 10.3. The van der Waals surface area contributed by atoms with Crippen LogP contribution in [-0.2, 0) is 14.3 Å². The molecular weight excluding hydrogens is 124 g/mol. The Balaban J connectivity index is 2.90. The van der Waals surface area contributed by atoms with Gasteiger partial charge in [0.25, 0.3) is 0 Å². The molecule has 0 aromatic carbocycles. The Morgan fingerprint density at radius 2 is 2.11 bits per heavy atom. The van der Waals surface area contributed by atoms with E-state index in [9.17, 15) is 9.59 Å². The summed E-state index contributed by atoms with van der Waals surface area (Å²) in [5.74, 6) is -1.78. The summed E-state index contributed by atoms with van der Waals surface area (Å²) in [6.45, 7) is 0. The van der Waals surface area contributed by atoms with Crippen molar-refractivity contribution in [3.8, 4) is 0 Å². The molecule has 0 bridgehead atoms. The summed E-state index contributed by atoms with van der Waals surface area (Å²) in [6.07, 6.45) is 0. The molecule has 0 radical (unpaired) electrons. The van der Waals surface area contributed by atoms with Gasteiger partial charge in [0.05, 0.1) is 0 Å². The molecule has 0 spiro atoms. The molecule has 1 unspecified atom stereocenters. The van der Waals surface area contributed by atoms with Crippen LogP contribution in [0.2, 0.25) is 0 Å². The van der Waals surface area contributed by atoms with Crippen LogP contribution in [0, 0.1) is 5.41 Å². The minimum absolute atomic E-state index is 0.472. The highest BCUT2D eigenvalue weighted by Crippen LogP contribution is 2.00. The number of carbonyl (C=O) groups is 2. The summed E-state index contributed by atoms with van der Waals surface area (Å²) < 4.78 is 3.96. The largest absolute Gasteiger partial charge is 0.387 e. The topological polar surface area (TPSA) is 93.2 Å². The highest BCUT2D eigenvalue weighted by atomic mass is 16.6. The minimum Gasteiger partial charge on any atom is -0.387 e. The SMILES string of the molecule is N=C1C(=O)OC(=O)C1N. The summed E-state index contributed by atoms with van der Waals surface area (Å²) in [7, 11) is 0. The number of rotatable bonds is 0. The van der Waals surface area contributed by atoms with Crippen LogP contribution in [-0.4, -0.2) is 23.7 Å². The number of hydrogen-bond donors (Lipinski definition) is 2. The zero-order chi connectivity index (χ0) is 7.02. The second-order valence-corrected chi connectivity index (χ2v) is 1.60. The fraction of sp³-hybridized carbons (Fsp3) is 0.250. The normalized spacial score (nSPS) is 26.8. The maximum atomic E-state index is 10.3. The van der Waals surface area contributed by atoms with Crippen molar-refractivity contribution in [3.05, 3.63) is 0 Å². The molecule has 1 aliphatic heterocycles. The van der Waals surface area contributed by atoms with Crippen LogP contribution < -0.4 is 5.73 Å². The predicted molar refractivity (Wildman–Crippen MR) is 26.8 cm³/mol. The lowest BCUT2D eigenvalue weighted by Crippen LogP contribution is -2.32. The molecule has 5 nitrogen and oxygen atoms in total. The van der Waals surface area contributed by atoms with Gasteiger partial charge in [-0.3, -0.25) is 5.41 Å². The van der Waals surface area contributed by atoms with Crippen LogP contribution in [0.5, 0.6) is 0 Å². The molecule has 1 fully saturated rings. The van der Waals surface area contributed by atoms with Crippen LogP contribution in [0.4, 0.5) is 0 Å². The Hall–Kier alpha value is -1.23. The maximum Gasteiger partial charge on any atom is 0.361 e. The van der Waals surface area contributed by atoms with Crippen LogP contribution in [0.1, 0.15) is 0 Å². The van der Waals surface area contributed by atoms with Crippen LogP contribution >= 0.6 is 0 Å². The third kappa shape index (κ3) is 0.706. The van der Waals surface area contributed by atoms with Crippen molar-refractivity contribution < 1.29 is 14.3 Å². The molecule has 1 rings (SSSR count). The average Bonchev–Trinajstić information content (AvgIpc) is 1.98. The Morgan fingerprint density at radius 1 is 1.56 bits per heavy atom. The van der Waals surface area contributed by atoms with Crippen molar-refractivity contribution in [2.45, 2.75) is 6.04 Å². The van der Waals surface area contributed by atoms with Gasteiger partial charge >= 0.3 is 11.9 Å². The van der Waals surface area contributed by atoms with Crippen LogP contribution in [0.3, 0.4) is 0 Å². The minimum atomic E-state index is -1.17. The van der Waals surface area contributed by atoms with Gasteiger partial charge < -0.3 is 10.5 Å². The van der Waals surface area contributed by atoms with E-state index >= 15 is 0 Å². The monoisotopic (exact) mass is 128 g/mol. The van der Waals surface area contributed by atoms with E-state index in [0.717, 1.165) is 0 Å². The molecule has 0 aromatic rings. The molecule has 0 amide bonds. The lowest BCUT2D eigenvalue weighted by atomic mass is 10.2. The van der Waals surface area contributed by atoms with E-state index in [1.54, 1.807) is 0 Å². The summed E-state index contributed by atoms with van der Waals surface area (Å²) in [5, 5.41) is 6.77. The Bertz CT molecular complexity index is 198. The zero-order valence-electron chi connectivity index (χ0n) is 4.38. The quantitative estimate of drug-likeness (QED) is 0.304. The number of carbonyl (C=O) groups excluding carboxylic acids is 2. The van der Waals surface area contributed by atoms with Gasteiger partial charge in [0, 0.05) is 0 Å². The van der Waals surface area contributed by atoms with Gasteiger partial charge in [-0.15, -0.1) is 0 Å². The van der Waals surface area contributed by atoms with Gasteiger partial charge in [0.1, 0.15) is 5.71 Å². The first kappa shape index (κ1) is 5.90. The van der Waals surface area contributed by atoms with Crippen LogP contribution in [0.15, 0.2) is 0 Å². The molecular formula is C4H4N2O3. The number of esters is 2. The Morgan fingerprint density at radius 3 is 2.22 bits per heavy atom. The zero-order valence-corrected chi connectivity index (χ0v) is 4.38. The molecule has 1 heterocycles. The first-order valence-corrected chi connectivity index (χ1v) is 2.23. The van der Waals surface area contributed by atoms with E-state index in [2.05, 4.69) is 4.74 Å². The average molecular weight is 128 g/mol. The molecule has 3 N–H and O–H groups in total. The number of hydrogen-bond acceptors (Lipinski definition) is 5. The Kier molecular flexibility index (Phi) is 1.07. The first-order chi connectivity index (χ1) is 4.13.